The molecule has 0 aliphatic heterocycles. The van der Waals surface area contributed by atoms with E-state index in [9.17, 15) is 14.7 Å². The molecular formula is C33H29BrN2O3. The fourth-order valence-corrected chi connectivity index (χ4v) is 5.70. The molecule has 0 spiro atoms. The SMILES string of the molecule is Cc1c(C)n(Cc2ccc(-c3ccccc3C(=O)O)cc2)c2ccc(C(=O)N[C@@H](C)c3ccccc3Br)cc12. The molecule has 5 aromatic rings. The lowest BCUT2D eigenvalue weighted by Crippen LogP contribution is -2.26. The van der Waals surface area contributed by atoms with Gasteiger partial charge in [0.1, 0.15) is 0 Å². The Kier molecular flexibility index (Phi) is 7.40. The van der Waals surface area contributed by atoms with Crippen molar-refractivity contribution >= 4 is 38.7 Å². The summed E-state index contributed by atoms with van der Waals surface area (Å²) in [5, 5.41) is 13.7. The van der Waals surface area contributed by atoms with Crippen LogP contribution in [0.25, 0.3) is 22.0 Å². The molecule has 0 radical (unpaired) electrons. The molecule has 0 saturated heterocycles. The van der Waals surface area contributed by atoms with Gasteiger partial charge in [-0.3, -0.25) is 4.79 Å². The highest BCUT2D eigenvalue weighted by molar-refractivity contribution is 9.10. The van der Waals surface area contributed by atoms with Crippen LogP contribution in [0.1, 0.15) is 56.1 Å². The van der Waals surface area contributed by atoms with E-state index in [0.717, 1.165) is 43.3 Å². The summed E-state index contributed by atoms with van der Waals surface area (Å²) in [6, 6.07) is 28.7. The second kappa shape index (κ2) is 10.9. The number of carbonyl (C=O) groups is 2. The minimum absolute atomic E-state index is 0.109. The second-order valence-electron chi connectivity index (χ2n) is 9.79. The third-order valence-electron chi connectivity index (χ3n) is 7.38. The molecule has 4 aromatic carbocycles. The van der Waals surface area contributed by atoms with Crippen molar-refractivity contribution in [3.05, 3.63) is 129 Å². The summed E-state index contributed by atoms with van der Waals surface area (Å²) < 4.78 is 3.23. The third kappa shape index (κ3) is 5.25. The third-order valence-corrected chi connectivity index (χ3v) is 8.11. The zero-order valence-corrected chi connectivity index (χ0v) is 23.6. The number of fused-ring (bicyclic) bond motifs is 1. The van der Waals surface area contributed by atoms with Crippen LogP contribution in [-0.2, 0) is 6.54 Å². The van der Waals surface area contributed by atoms with Gasteiger partial charge in [0.05, 0.1) is 11.6 Å². The van der Waals surface area contributed by atoms with Crippen molar-refractivity contribution in [2.45, 2.75) is 33.4 Å². The van der Waals surface area contributed by atoms with E-state index < -0.39 is 5.97 Å². The van der Waals surface area contributed by atoms with Crippen molar-refractivity contribution in [3.63, 3.8) is 0 Å². The topological polar surface area (TPSA) is 71.3 Å². The van der Waals surface area contributed by atoms with Gasteiger partial charge in [-0.1, -0.05) is 76.6 Å². The first-order valence-corrected chi connectivity index (χ1v) is 13.6. The lowest BCUT2D eigenvalue weighted by molar-refractivity contribution is 0.0697. The van der Waals surface area contributed by atoms with E-state index in [-0.39, 0.29) is 11.9 Å². The van der Waals surface area contributed by atoms with Crippen LogP contribution in [-0.4, -0.2) is 21.6 Å². The quantitative estimate of drug-likeness (QED) is 0.205. The fraction of sp³-hybridized carbons (Fsp3) is 0.152. The van der Waals surface area contributed by atoms with Crippen molar-refractivity contribution in [3.8, 4) is 11.1 Å². The first-order chi connectivity index (χ1) is 18.7. The number of nitrogens with one attached hydrogen (secondary N) is 1. The Balaban J connectivity index is 1.39. The first kappa shape index (κ1) is 26.4. The van der Waals surface area contributed by atoms with Crippen molar-refractivity contribution in [2.24, 2.45) is 0 Å². The summed E-state index contributed by atoms with van der Waals surface area (Å²) in [6.45, 7) is 6.84. The highest BCUT2D eigenvalue weighted by Crippen LogP contribution is 2.29. The van der Waals surface area contributed by atoms with E-state index in [4.69, 9.17) is 0 Å². The Morgan fingerprint density at radius 1 is 0.923 bits per heavy atom. The van der Waals surface area contributed by atoms with Crippen molar-refractivity contribution < 1.29 is 14.7 Å². The fourth-order valence-electron chi connectivity index (χ4n) is 5.07. The van der Waals surface area contributed by atoms with E-state index in [2.05, 4.69) is 39.7 Å². The number of aromatic nitrogens is 1. The van der Waals surface area contributed by atoms with Gasteiger partial charge in [-0.15, -0.1) is 0 Å². The molecule has 0 saturated carbocycles. The summed E-state index contributed by atoms with van der Waals surface area (Å²) in [7, 11) is 0. The maximum atomic E-state index is 13.1. The molecule has 0 bridgehead atoms. The van der Waals surface area contributed by atoms with E-state index in [1.165, 1.54) is 0 Å². The molecule has 6 heteroatoms. The molecule has 0 fully saturated rings. The molecule has 0 aliphatic rings. The zero-order valence-electron chi connectivity index (χ0n) is 22.0. The number of aryl methyl sites for hydroxylation is 1. The van der Waals surface area contributed by atoms with Gasteiger partial charge in [-0.25, -0.2) is 4.79 Å². The minimum atomic E-state index is -0.935. The number of benzene rings is 4. The molecular weight excluding hydrogens is 552 g/mol. The number of carbonyl (C=O) groups excluding carboxylic acids is 1. The molecule has 1 heterocycles. The monoisotopic (exact) mass is 580 g/mol. The molecule has 2 N–H and O–H groups in total. The Bertz CT molecular complexity index is 1700. The number of hydrogen-bond donors (Lipinski definition) is 2. The van der Waals surface area contributed by atoms with E-state index in [1.54, 1.807) is 12.1 Å². The standard InChI is InChI=1S/C33H29BrN2O3/c1-20-22(3)36(19-23-12-14-24(15-13-23)27-9-4-5-10-28(27)33(38)39)31-17-16-25(18-29(20)31)32(37)35-21(2)26-8-6-7-11-30(26)34/h4-18,21H,19H2,1-3H3,(H,35,37)(H,38,39)/t21-/m0/s1. The van der Waals surface area contributed by atoms with Crippen LogP contribution in [0.5, 0.6) is 0 Å². The predicted molar refractivity (Wildman–Crippen MR) is 159 cm³/mol. The Labute approximate surface area is 236 Å². The van der Waals surface area contributed by atoms with Crippen LogP contribution in [0.15, 0.2) is 95.5 Å². The number of nitrogens with zero attached hydrogens (tertiary/aromatic N) is 1. The number of carboxylic acid groups (broad SMARTS) is 1. The van der Waals surface area contributed by atoms with Crippen LogP contribution in [0, 0.1) is 13.8 Å². The lowest BCUT2D eigenvalue weighted by atomic mass is 9.99. The average molecular weight is 582 g/mol. The van der Waals surface area contributed by atoms with Crippen molar-refractivity contribution in [2.75, 3.05) is 0 Å². The van der Waals surface area contributed by atoms with Gasteiger partial charge in [0, 0.05) is 33.2 Å². The summed E-state index contributed by atoms with van der Waals surface area (Å²) >= 11 is 3.57. The van der Waals surface area contributed by atoms with Gasteiger partial charge in [0.2, 0.25) is 0 Å². The number of amides is 1. The number of aromatic carboxylic acids is 1. The van der Waals surface area contributed by atoms with Gasteiger partial charge in [0.25, 0.3) is 5.91 Å². The Morgan fingerprint density at radius 3 is 2.33 bits per heavy atom. The lowest BCUT2D eigenvalue weighted by Gasteiger charge is -2.16. The van der Waals surface area contributed by atoms with Crippen molar-refractivity contribution in [1.82, 2.24) is 9.88 Å². The maximum absolute atomic E-state index is 13.1. The zero-order chi connectivity index (χ0) is 27.7. The smallest absolute Gasteiger partial charge is 0.336 e. The summed E-state index contributed by atoms with van der Waals surface area (Å²) in [6.07, 6.45) is 0. The largest absolute Gasteiger partial charge is 0.478 e. The van der Waals surface area contributed by atoms with Crippen molar-refractivity contribution in [1.29, 1.82) is 0 Å². The first-order valence-electron chi connectivity index (χ1n) is 12.8. The van der Waals surface area contributed by atoms with Crippen LogP contribution in [0.3, 0.4) is 0 Å². The van der Waals surface area contributed by atoms with Crippen LogP contribution < -0.4 is 5.32 Å². The second-order valence-corrected chi connectivity index (χ2v) is 10.6. The predicted octanol–water partition coefficient (Wildman–Crippen LogP) is 7.93. The number of rotatable bonds is 7. The normalized spacial score (nSPS) is 11.9. The summed E-state index contributed by atoms with van der Waals surface area (Å²) in [4.78, 5) is 24.8. The molecule has 39 heavy (non-hydrogen) atoms. The van der Waals surface area contributed by atoms with Crippen LogP contribution in [0.2, 0.25) is 0 Å². The maximum Gasteiger partial charge on any atom is 0.336 e. The molecule has 1 aromatic heterocycles. The van der Waals surface area contributed by atoms with E-state index in [0.29, 0.717) is 23.2 Å². The van der Waals surface area contributed by atoms with Crippen LogP contribution in [0.4, 0.5) is 0 Å². The number of hydrogen-bond acceptors (Lipinski definition) is 2. The number of halogens is 1. The Morgan fingerprint density at radius 2 is 1.62 bits per heavy atom. The molecule has 0 unspecified atom stereocenters. The Hall–Kier alpha value is -4.16. The molecule has 1 atom stereocenters. The summed E-state index contributed by atoms with van der Waals surface area (Å²) in [5.41, 5.74) is 7.99. The van der Waals surface area contributed by atoms with Crippen LogP contribution >= 0.6 is 15.9 Å². The molecule has 196 valence electrons. The minimum Gasteiger partial charge on any atom is -0.478 e. The highest BCUT2D eigenvalue weighted by Gasteiger charge is 2.17. The number of carboxylic acids is 1. The van der Waals surface area contributed by atoms with Gasteiger partial charge in [-0.05, 0) is 78.9 Å². The molecule has 5 rings (SSSR count). The van der Waals surface area contributed by atoms with Gasteiger partial charge in [-0.2, -0.15) is 0 Å². The summed E-state index contributed by atoms with van der Waals surface area (Å²) in [5.74, 6) is -1.04. The highest BCUT2D eigenvalue weighted by atomic mass is 79.9. The van der Waals surface area contributed by atoms with E-state index in [1.807, 2.05) is 85.8 Å². The molecule has 5 nitrogen and oxygen atoms in total. The van der Waals surface area contributed by atoms with Gasteiger partial charge in [0.15, 0.2) is 0 Å². The van der Waals surface area contributed by atoms with Gasteiger partial charge >= 0.3 is 5.97 Å². The van der Waals surface area contributed by atoms with Gasteiger partial charge < -0.3 is 15.0 Å². The molecule has 1 amide bonds. The average Bonchev–Trinajstić information content (AvgIpc) is 3.17. The van der Waals surface area contributed by atoms with E-state index >= 15 is 0 Å². The molecule has 0 aliphatic carbocycles.